The highest BCUT2D eigenvalue weighted by Crippen LogP contribution is 2.31. The second kappa shape index (κ2) is 11.3. The third kappa shape index (κ3) is 6.21. The zero-order chi connectivity index (χ0) is 27.4. The van der Waals surface area contributed by atoms with Gasteiger partial charge in [0.25, 0.3) is 6.43 Å². The number of amidine groups is 1. The van der Waals surface area contributed by atoms with Crippen LogP contribution in [0.3, 0.4) is 0 Å². The number of fused-ring (bicyclic) bond motifs is 1. The van der Waals surface area contributed by atoms with Gasteiger partial charge in [0.1, 0.15) is 5.84 Å². The molecule has 3 aromatic heterocycles. The molecule has 0 spiro atoms. The smallest absolute Gasteiger partial charge is 0.343 e. The fourth-order valence-electron chi connectivity index (χ4n) is 4.35. The van der Waals surface area contributed by atoms with Crippen LogP contribution in [0.4, 0.5) is 27.6 Å². The van der Waals surface area contributed by atoms with Gasteiger partial charge in [0.15, 0.2) is 5.65 Å². The summed E-state index contributed by atoms with van der Waals surface area (Å²) in [7, 11) is 0. The zero-order valence-electron chi connectivity index (χ0n) is 20.9. The molecule has 1 saturated heterocycles. The topological polar surface area (TPSA) is 66.3 Å². The van der Waals surface area contributed by atoms with Crippen molar-refractivity contribution in [3.63, 3.8) is 0 Å². The first-order chi connectivity index (χ1) is 18.1. The molecule has 0 saturated carbocycles. The van der Waals surface area contributed by atoms with Crippen LogP contribution in [0.5, 0.6) is 0 Å². The summed E-state index contributed by atoms with van der Waals surface area (Å²) in [5.41, 5.74) is 0.604. The third-order valence-electron chi connectivity index (χ3n) is 6.36. The molecule has 0 radical (unpaired) electrons. The molecule has 200 valence electrons. The van der Waals surface area contributed by atoms with Crippen molar-refractivity contribution in [1.82, 2.24) is 19.9 Å². The fraction of sp³-hybridized carbons (Fsp3) is 0.333. The maximum Gasteiger partial charge on any atom is 0.417 e. The monoisotopic (exact) mass is 530 g/mol. The number of nitrogens with one attached hydrogen (secondary N) is 1. The average Bonchev–Trinajstić information content (AvgIpc) is 3.27. The zero-order valence-corrected chi connectivity index (χ0v) is 20.9. The standard InChI is InChI=1S/C27H27F5N6/c1-4-18(27(30,31)32)14-34-17(3)35-23-13-19(15-38-12-6-7-16(38)2)36-26-20(23)9-10-22(37-26)24-21(25(28)29)8-5-11-33-24/h4-5,8-11,13-14,16,25H,1,6-7,12,15H2,2-3H3,(H,34,35,36,37)/b18-14+. The Kier molecular flexibility index (Phi) is 8.15. The summed E-state index contributed by atoms with van der Waals surface area (Å²) in [5.74, 6) is 0.204. The summed E-state index contributed by atoms with van der Waals surface area (Å²) in [6.45, 7) is 8.32. The lowest BCUT2D eigenvalue weighted by Gasteiger charge is -2.21. The molecule has 0 aliphatic carbocycles. The number of pyridine rings is 3. The molecule has 1 fully saturated rings. The Morgan fingerprint density at radius 1 is 1.26 bits per heavy atom. The summed E-state index contributed by atoms with van der Waals surface area (Å²) >= 11 is 0. The lowest BCUT2D eigenvalue weighted by molar-refractivity contribution is -0.0883. The number of hydrogen-bond donors (Lipinski definition) is 1. The normalized spacial score (nSPS) is 17.4. The predicted molar refractivity (Wildman–Crippen MR) is 138 cm³/mol. The minimum absolute atomic E-state index is 0.0614. The van der Waals surface area contributed by atoms with Gasteiger partial charge in [0.05, 0.1) is 28.3 Å². The number of allylic oxidation sites excluding steroid dienone is 2. The molecule has 1 N–H and O–H groups in total. The number of nitrogens with zero attached hydrogens (tertiary/aromatic N) is 5. The van der Waals surface area contributed by atoms with E-state index in [1.807, 2.05) is 0 Å². The quantitative estimate of drug-likeness (QED) is 0.153. The van der Waals surface area contributed by atoms with Crippen LogP contribution in [0.15, 0.2) is 65.9 Å². The summed E-state index contributed by atoms with van der Waals surface area (Å²) in [5, 5.41) is 3.61. The lowest BCUT2D eigenvalue weighted by atomic mass is 10.1. The molecular formula is C27H27F5N6. The van der Waals surface area contributed by atoms with Gasteiger partial charge in [0, 0.05) is 35.9 Å². The van der Waals surface area contributed by atoms with Crippen LogP contribution in [-0.2, 0) is 6.54 Å². The molecule has 38 heavy (non-hydrogen) atoms. The van der Waals surface area contributed by atoms with Crippen molar-refractivity contribution in [1.29, 1.82) is 0 Å². The van der Waals surface area contributed by atoms with Crippen molar-refractivity contribution < 1.29 is 22.0 Å². The van der Waals surface area contributed by atoms with Crippen molar-refractivity contribution in [2.45, 2.75) is 51.9 Å². The molecule has 6 nitrogen and oxygen atoms in total. The molecule has 1 unspecified atom stereocenters. The van der Waals surface area contributed by atoms with Crippen molar-refractivity contribution >= 4 is 22.6 Å². The second-order valence-corrected chi connectivity index (χ2v) is 9.06. The first-order valence-corrected chi connectivity index (χ1v) is 12.1. The SMILES string of the molecule is C=C/C(=C\N=C(C)Nc1cc(CN2CCCC2C)nc2nc(-c3ncccc3C(F)F)ccc12)C(F)(F)F. The Balaban J connectivity index is 1.77. The molecule has 3 aromatic rings. The van der Waals surface area contributed by atoms with Gasteiger partial charge in [-0.2, -0.15) is 13.2 Å². The average molecular weight is 531 g/mol. The van der Waals surface area contributed by atoms with Gasteiger partial charge >= 0.3 is 6.18 Å². The Hall–Kier alpha value is -3.73. The Morgan fingerprint density at radius 2 is 2.05 bits per heavy atom. The van der Waals surface area contributed by atoms with E-state index in [1.54, 1.807) is 18.2 Å². The van der Waals surface area contributed by atoms with Crippen molar-refractivity contribution in [3.8, 4) is 11.4 Å². The highest BCUT2D eigenvalue weighted by Gasteiger charge is 2.31. The Bertz CT molecular complexity index is 1380. The largest absolute Gasteiger partial charge is 0.417 e. The highest BCUT2D eigenvalue weighted by atomic mass is 19.4. The van der Waals surface area contributed by atoms with Crippen molar-refractivity contribution in [2.75, 3.05) is 11.9 Å². The number of aromatic nitrogens is 3. The van der Waals surface area contributed by atoms with Crippen molar-refractivity contribution in [3.05, 3.63) is 72.2 Å². The summed E-state index contributed by atoms with van der Waals surface area (Å²) in [4.78, 5) is 19.6. The van der Waals surface area contributed by atoms with Crippen LogP contribution < -0.4 is 5.32 Å². The van der Waals surface area contributed by atoms with E-state index < -0.39 is 18.2 Å². The maximum atomic E-state index is 13.6. The van der Waals surface area contributed by atoms with E-state index in [-0.39, 0.29) is 22.8 Å². The molecular weight excluding hydrogens is 503 g/mol. The van der Waals surface area contributed by atoms with E-state index in [9.17, 15) is 22.0 Å². The van der Waals surface area contributed by atoms with E-state index in [0.717, 1.165) is 19.4 Å². The minimum atomic E-state index is -4.57. The van der Waals surface area contributed by atoms with Crippen LogP contribution >= 0.6 is 0 Å². The summed E-state index contributed by atoms with van der Waals surface area (Å²) < 4.78 is 66.3. The van der Waals surface area contributed by atoms with Gasteiger partial charge in [-0.1, -0.05) is 12.7 Å². The van der Waals surface area contributed by atoms with Gasteiger partial charge in [-0.25, -0.2) is 23.7 Å². The third-order valence-corrected chi connectivity index (χ3v) is 6.36. The maximum absolute atomic E-state index is 13.6. The summed E-state index contributed by atoms with van der Waals surface area (Å²) in [6, 6.07) is 8.16. The van der Waals surface area contributed by atoms with E-state index in [4.69, 9.17) is 4.98 Å². The van der Waals surface area contributed by atoms with Crippen molar-refractivity contribution in [2.24, 2.45) is 4.99 Å². The Labute approximate surface area is 217 Å². The molecule has 0 amide bonds. The first kappa shape index (κ1) is 27.3. The Morgan fingerprint density at radius 3 is 2.71 bits per heavy atom. The minimum Gasteiger partial charge on any atom is -0.343 e. The molecule has 1 aliphatic heterocycles. The van der Waals surface area contributed by atoms with Gasteiger partial charge in [0.2, 0.25) is 0 Å². The van der Waals surface area contributed by atoms with Crippen LogP contribution in [0, 0.1) is 0 Å². The number of likely N-dealkylation sites (tertiary alicyclic amines) is 1. The molecule has 1 atom stereocenters. The molecule has 4 rings (SSSR count). The number of halogens is 5. The van der Waals surface area contributed by atoms with E-state index in [0.29, 0.717) is 47.3 Å². The fourth-order valence-corrected chi connectivity index (χ4v) is 4.35. The van der Waals surface area contributed by atoms with Gasteiger partial charge in [-0.15, -0.1) is 0 Å². The second-order valence-electron chi connectivity index (χ2n) is 9.06. The molecule has 11 heteroatoms. The van der Waals surface area contributed by atoms with Crippen LogP contribution in [-0.4, -0.2) is 44.5 Å². The van der Waals surface area contributed by atoms with Gasteiger partial charge < -0.3 is 5.32 Å². The number of aliphatic imine (C=N–C) groups is 1. The molecule has 4 heterocycles. The van der Waals surface area contributed by atoms with Crippen LogP contribution in [0.2, 0.25) is 0 Å². The number of anilines is 1. The molecule has 0 bridgehead atoms. The van der Waals surface area contributed by atoms with E-state index >= 15 is 0 Å². The van der Waals surface area contributed by atoms with Crippen LogP contribution in [0.1, 0.15) is 44.4 Å². The van der Waals surface area contributed by atoms with E-state index in [2.05, 4.69) is 38.7 Å². The van der Waals surface area contributed by atoms with Gasteiger partial charge in [-0.3, -0.25) is 9.88 Å². The molecule has 0 aromatic carbocycles. The highest BCUT2D eigenvalue weighted by molar-refractivity contribution is 6.02. The predicted octanol–water partition coefficient (Wildman–Crippen LogP) is 7.08. The number of alkyl halides is 5. The first-order valence-electron chi connectivity index (χ1n) is 12.1. The lowest BCUT2D eigenvalue weighted by Crippen LogP contribution is -2.26. The number of rotatable bonds is 7. The van der Waals surface area contributed by atoms with Crippen LogP contribution in [0.25, 0.3) is 22.4 Å². The van der Waals surface area contributed by atoms with Gasteiger partial charge in [-0.05, 0) is 63.6 Å². The molecule has 1 aliphatic rings. The number of hydrogen-bond acceptors (Lipinski definition) is 5. The van der Waals surface area contributed by atoms with E-state index in [1.165, 1.54) is 25.3 Å². The summed E-state index contributed by atoms with van der Waals surface area (Å²) in [6.07, 6.45) is -2.34.